The van der Waals surface area contributed by atoms with Crippen molar-refractivity contribution in [2.75, 3.05) is 0 Å². The fraction of sp³-hybridized carbons (Fsp3) is 0.462. The van der Waals surface area contributed by atoms with E-state index in [0.717, 1.165) is 28.8 Å². The first-order valence-corrected chi connectivity index (χ1v) is 30.2. The predicted octanol–water partition coefficient (Wildman–Crippen LogP) is 16.2. The maximum absolute atomic E-state index is 4.93. The van der Waals surface area contributed by atoms with Crippen LogP contribution in [0.25, 0.3) is 22.3 Å². The van der Waals surface area contributed by atoms with Gasteiger partial charge in [-0.15, -0.1) is 0 Å². The molecule has 0 spiro atoms. The molecule has 0 amide bonds. The molecule has 0 bridgehead atoms. The molecule has 0 radical (unpaired) electrons. The van der Waals surface area contributed by atoms with Crippen LogP contribution in [0, 0.1) is 56.3 Å². The number of halogens is 2. The second kappa shape index (κ2) is 17.9. The van der Waals surface area contributed by atoms with Crippen LogP contribution in [0.4, 0.5) is 0 Å². The summed E-state index contributed by atoms with van der Waals surface area (Å²) in [7, 11) is 8.09. The van der Waals surface area contributed by atoms with Crippen LogP contribution in [0.5, 0.6) is 0 Å². The first kappa shape index (κ1) is 45.4. The van der Waals surface area contributed by atoms with E-state index in [0.29, 0.717) is 23.7 Å². The molecule has 298 valence electrons. The van der Waals surface area contributed by atoms with Crippen LogP contribution in [0.3, 0.4) is 0 Å². The van der Waals surface area contributed by atoms with Crippen molar-refractivity contribution in [3.63, 3.8) is 0 Å². The second-order valence-corrected chi connectivity index (χ2v) is 28.7. The van der Waals surface area contributed by atoms with E-state index in [2.05, 4.69) is 171 Å². The molecule has 0 heterocycles. The number of allylic oxidation sites excluding steroid dienone is 8. The van der Waals surface area contributed by atoms with Gasteiger partial charge in [0, 0.05) is 0 Å². The van der Waals surface area contributed by atoms with E-state index in [4.69, 9.17) is 17.0 Å². The van der Waals surface area contributed by atoms with Gasteiger partial charge in [-0.2, -0.15) is 0 Å². The van der Waals surface area contributed by atoms with Crippen LogP contribution in [0.1, 0.15) is 96.4 Å². The Balaban J connectivity index is 0.00000116. The van der Waals surface area contributed by atoms with Crippen LogP contribution >= 0.6 is 17.0 Å². The Morgan fingerprint density at radius 3 is 1.68 bits per heavy atom. The van der Waals surface area contributed by atoms with Crippen LogP contribution in [-0.4, -0.2) is 8.07 Å². The van der Waals surface area contributed by atoms with Gasteiger partial charge in [-0.25, -0.2) is 0 Å². The number of benzene rings is 3. The summed E-state index contributed by atoms with van der Waals surface area (Å²) in [6.45, 7) is 22.6. The molecule has 0 nitrogen and oxygen atoms in total. The zero-order valence-corrected chi connectivity index (χ0v) is 41.1. The van der Waals surface area contributed by atoms with Gasteiger partial charge in [-0.1, -0.05) is 171 Å². The van der Waals surface area contributed by atoms with E-state index in [-0.39, 0.29) is 25.7 Å². The zero-order valence-electron chi connectivity index (χ0n) is 36.2. The average molecular weight is 883 g/mol. The molecule has 0 saturated heterocycles. The van der Waals surface area contributed by atoms with Gasteiger partial charge in [0.2, 0.25) is 0 Å². The molecule has 5 aliphatic rings. The van der Waals surface area contributed by atoms with Crippen molar-refractivity contribution in [3.05, 3.63) is 146 Å². The summed E-state index contributed by atoms with van der Waals surface area (Å²) >= 11 is -0.826. The average Bonchev–Trinajstić information content (AvgIpc) is 3.81. The Labute approximate surface area is 362 Å². The Bertz CT molecular complexity index is 1900. The van der Waals surface area contributed by atoms with Crippen LogP contribution in [-0.2, 0) is 31.7 Å². The zero-order chi connectivity index (χ0) is 38.6. The molecule has 5 aliphatic carbocycles. The van der Waals surface area contributed by atoms with E-state index in [1.165, 1.54) is 59.1 Å². The predicted molar refractivity (Wildman–Crippen MR) is 248 cm³/mol. The van der Waals surface area contributed by atoms with Crippen molar-refractivity contribution < 1.29 is 20.8 Å². The van der Waals surface area contributed by atoms with Crippen molar-refractivity contribution >= 4 is 36.2 Å². The van der Waals surface area contributed by atoms with Gasteiger partial charge in [0.1, 0.15) is 0 Å². The Morgan fingerprint density at radius 2 is 1.12 bits per heavy atom. The minimum absolute atomic E-state index is 0. The number of fused-ring (bicyclic) bond motifs is 2. The van der Waals surface area contributed by atoms with E-state index in [1.807, 2.05) is 0 Å². The molecule has 3 aromatic rings. The number of hydrogen-bond acceptors (Lipinski definition) is 0. The summed E-state index contributed by atoms with van der Waals surface area (Å²) in [6.07, 6.45) is 20.9. The van der Waals surface area contributed by atoms with E-state index < -0.39 is 28.9 Å². The van der Waals surface area contributed by atoms with Crippen molar-refractivity contribution in [2.45, 2.75) is 109 Å². The molecular weight excluding hydrogens is 815 g/mol. The number of hydrogen-bond donors (Lipinski definition) is 0. The SMILES string of the molecule is CC1CC2C(c3cc(C(C)(C)C)cc(C(C)(C)C)c3)=CC=CC2C1[Si](C)(C)C1C2C=CC=C(c3ccccc3-c3ccccc3)C2CC1C1CC1.[CH3-].[CH3-].[Cl][Zr+2][Cl]. The van der Waals surface area contributed by atoms with Crippen molar-refractivity contribution in [1.29, 1.82) is 0 Å². The van der Waals surface area contributed by atoms with Crippen LogP contribution in [0.15, 0.2) is 109 Å². The summed E-state index contributed by atoms with van der Waals surface area (Å²) < 4.78 is 0. The van der Waals surface area contributed by atoms with Gasteiger partial charge in [0.05, 0.1) is 8.07 Å². The van der Waals surface area contributed by atoms with E-state index >= 15 is 0 Å². The molecule has 8 unspecified atom stereocenters. The molecule has 56 heavy (non-hydrogen) atoms. The van der Waals surface area contributed by atoms with Gasteiger partial charge in [-0.3, -0.25) is 0 Å². The second-order valence-electron chi connectivity index (χ2n) is 20.0. The topological polar surface area (TPSA) is 0 Å². The molecule has 3 saturated carbocycles. The Kier molecular flexibility index (Phi) is 14.5. The summed E-state index contributed by atoms with van der Waals surface area (Å²) in [5, 5.41) is 0. The molecule has 3 fully saturated rings. The fourth-order valence-corrected chi connectivity index (χ4v) is 18.1. The summed E-state index contributed by atoms with van der Waals surface area (Å²) in [4.78, 5) is 0. The first-order valence-electron chi connectivity index (χ1n) is 20.7. The van der Waals surface area contributed by atoms with Gasteiger partial charge in [-0.05, 0) is 134 Å². The van der Waals surface area contributed by atoms with Crippen LogP contribution < -0.4 is 0 Å². The van der Waals surface area contributed by atoms with Gasteiger partial charge in [0.15, 0.2) is 0 Å². The molecular formula is C52H68Cl2SiZr. The van der Waals surface area contributed by atoms with Gasteiger partial charge < -0.3 is 14.9 Å². The molecule has 4 heteroatoms. The normalized spacial score (nSPS) is 28.0. The maximum atomic E-state index is 4.93. The first-order chi connectivity index (χ1) is 25.6. The Hall–Kier alpha value is -1.70. The third-order valence-electron chi connectivity index (χ3n) is 14.3. The van der Waals surface area contributed by atoms with E-state index in [1.54, 1.807) is 11.1 Å². The molecule has 0 aliphatic heterocycles. The van der Waals surface area contributed by atoms with Gasteiger partial charge >= 0.3 is 37.9 Å². The Morgan fingerprint density at radius 1 is 0.625 bits per heavy atom. The van der Waals surface area contributed by atoms with Crippen molar-refractivity contribution in [3.8, 4) is 11.1 Å². The standard InChI is InChI=1S/C50H62Si.2CH3.2ClH.Zr/c1-32-27-45-39(35-28-36(49(2,3)4)30-37(29-35)50(5,6)7)21-15-23-42(45)47(32)51(8,9)48-43-24-16-22-41(46(43)31-44(48)34-25-26-34)40-20-14-13-19-38(40)33-17-11-10-12-18-33;;;;;/h10-24,28-30,32,34,42-48H,25-27,31H2,1-9H3;2*1H3;2*1H;/q;2*-1;;;+4/p-2. The summed E-state index contributed by atoms with van der Waals surface area (Å²) in [5.41, 5.74) is 13.7. The monoisotopic (exact) mass is 880 g/mol. The summed E-state index contributed by atoms with van der Waals surface area (Å²) in [5.74, 6) is 5.11. The third-order valence-corrected chi connectivity index (χ3v) is 19.5. The van der Waals surface area contributed by atoms with Gasteiger partial charge in [0.25, 0.3) is 0 Å². The molecule has 0 aromatic heterocycles. The molecule has 0 N–H and O–H groups in total. The third kappa shape index (κ3) is 8.91. The quantitative estimate of drug-likeness (QED) is 0.171. The minimum atomic E-state index is -1.78. The number of rotatable bonds is 6. The molecule has 8 atom stereocenters. The van der Waals surface area contributed by atoms with E-state index in [9.17, 15) is 0 Å². The molecule has 8 rings (SSSR count). The van der Waals surface area contributed by atoms with Crippen LogP contribution in [0.2, 0.25) is 24.2 Å². The van der Waals surface area contributed by atoms with Crippen molar-refractivity contribution in [2.24, 2.45) is 41.4 Å². The fourth-order valence-electron chi connectivity index (χ4n) is 11.8. The molecule has 3 aromatic carbocycles. The summed E-state index contributed by atoms with van der Waals surface area (Å²) in [6, 6.07) is 27.9. The van der Waals surface area contributed by atoms with Crippen molar-refractivity contribution in [1.82, 2.24) is 0 Å².